The molecule has 1 atom stereocenters. The predicted molar refractivity (Wildman–Crippen MR) is 221 cm³/mol. The van der Waals surface area contributed by atoms with Crippen LogP contribution in [0.4, 0.5) is 0 Å². The van der Waals surface area contributed by atoms with Crippen molar-refractivity contribution in [1.29, 1.82) is 0 Å². The van der Waals surface area contributed by atoms with Crippen LogP contribution in [-0.4, -0.2) is 67.9 Å². The SMILES string of the molecule is CC.COCCNC(=O)c1cnc2c(C3=CCC(C)(C)CC3)cccc2c1.COc1cc(C2=CCC(C)(OC)CC2)c2ncc(C(=O)NC(C)C)cc2c1. The van der Waals surface area contributed by atoms with Crippen molar-refractivity contribution in [3.8, 4) is 5.75 Å². The van der Waals surface area contributed by atoms with Crippen molar-refractivity contribution < 1.29 is 23.8 Å². The van der Waals surface area contributed by atoms with Crippen LogP contribution in [0, 0.1) is 5.41 Å². The molecule has 9 heteroatoms. The smallest absolute Gasteiger partial charge is 0.253 e. The van der Waals surface area contributed by atoms with Gasteiger partial charge in [-0.1, -0.05) is 58.0 Å². The fourth-order valence-corrected chi connectivity index (χ4v) is 6.66. The Morgan fingerprint density at radius 1 is 0.796 bits per heavy atom. The van der Waals surface area contributed by atoms with Crippen LogP contribution in [0.2, 0.25) is 0 Å². The summed E-state index contributed by atoms with van der Waals surface area (Å²) in [5.41, 5.74) is 8.17. The number of carbonyl (C=O) groups is 2. The molecule has 2 aliphatic carbocycles. The molecule has 0 spiro atoms. The Kier molecular flexibility index (Phi) is 14.9. The van der Waals surface area contributed by atoms with Gasteiger partial charge in [0.1, 0.15) is 5.75 Å². The Morgan fingerprint density at radius 2 is 1.43 bits per heavy atom. The highest BCUT2D eigenvalue weighted by Gasteiger charge is 2.28. The summed E-state index contributed by atoms with van der Waals surface area (Å²) in [4.78, 5) is 33.8. The van der Waals surface area contributed by atoms with E-state index < -0.39 is 0 Å². The van der Waals surface area contributed by atoms with Crippen molar-refractivity contribution in [1.82, 2.24) is 20.6 Å². The number of nitrogens with zero attached hydrogens (tertiary/aromatic N) is 2. The summed E-state index contributed by atoms with van der Waals surface area (Å²) in [6.45, 7) is 15.7. The molecule has 290 valence electrons. The zero-order valence-electron chi connectivity index (χ0n) is 34.0. The molecule has 0 fully saturated rings. The number of hydrogen-bond acceptors (Lipinski definition) is 7. The van der Waals surface area contributed by atoms with Gasteiger partial charge in [0, 0.05) is 61.1 Å². The van der Waals surface area contributed by atoms with Crippen LogP contribution in [-0.2, 0) is 9.47 Å². The minimum atomic E-state index is -0.115. The van der Waals surface area contributed by atoms with Gasteiger partial charge in [-0.05, 0) is 100 Å². The van der Waals surface area contributed by atoms with Gasteiger partial charge in [-0.15, -0.1) is 0 Å². The van der Waals surface area contributed by atoms with E-state index in [1.54, 1.807) is 33.7 Å². The molecule has 0 saturated heterocycles. The lowest BCUT2D eigenvalue weighted by atomic mass is 9.77. The summed E-state index contributed by atoms with van der Waals surface area (Å²) in [5, 5.41) is 7.65. The zero-order chi connectivity index (χ0) is 39.5. The van der Waals surface area contributed by atoms with Gasteiger partial charge in [-0.25, -0.2) is 0 Å². The van der Waals surface area contributed by atoms with Crippen molar-refractivity contribution in [2.24, 2.45) is 5.41 Å². The molecule has 9 nitrogen and oxygen atoms in total. The number of aromatic nitrogens is 2. The second-order valence-electron chi connectivity index (χ2n) is 15.1. The summed E-state index contributed by atoms with van der Waals surface area (Å²) in [6.07, 6.45) is 14.0. The van der Waals surface area contributed by atoms with Crippen LogP contribution in [0.3, 0.4) is 0 Å². The maximum absolute atomic E-state index is 12.3. The average Bonchev–Trinajstić information content (AvgIpc) is 3.18. The highest BCUT2D eigenvalue weighted by molar-refractivity contribution is 6.01. The fourth-order valence-electron chi connectivity index (χ4n) is 6.66. The third-order valence-corrected chi connectivity index (χ3v) is 10.1. The molecule has 0 bridgehead atoms. The summed E-state index contributed by atoms with van der Waals surface area (Å²) >= 11 is 0. The van der Waals surface area contributed by atoms with E-state index in [9.17, 15) is 9.59 Å². The summed E-state index contributed by atoms with van der Waals surface area (Å²) in [5.74, 6) is 0.536. The molecule has 2 aromatic heterocycles. The fraction of sp³-hybridized carbons (Fsp3) is 0.467. The average molecular weight is 737 g/mol. The molecule has 2 heterocycles. The Balaban J connectivity index is 0.000000231. The standard InChI is InChI=1S/C22H28N2O3.C21H26N2O2.C2H6/c1-14(2)24-21(25)17-10-16-11-18(26-4)12-19(20(16)23-13-17)15-6-8-22(3,27-5)9-7-15;1-21(2)9-7-15(8-10-21)18-6-4-5-16-13-17(14-23-19(16)18)20(24)22-11-12-25-3;1-2/h6,10-14H,7-9H2,1-5H3,(H,24,25);4-7,13-14H,8-12H2,1-3H3,(H,22,24);1-2H3. The Bertz CT molecular complexity index is 1980. The molecule has 6 rings (SSSR count). The summed E-state index contributed by atoms with van der Waals surface area (Å²) in [6, 6.07) is 14.0. The van der Waals surface area contributed by atoms with E-state index in [0.29, 0.717) is 29.7 Å². The van der Waals surface area contributed by atoms with Crippen LogP contribution in [0.25, 0.3) is 33.0 Å². The largest absolute Gasteiger partial charge is 0.497 e. The van der Waals surface area contributed by atoms with E-state index in [2.05, 4.69) is 59.6 Å². The van der Waals surface area contributed by atoms with E-state index in [0.717, 1.165) is 65.2 Å². The minimum Gasteiger partial charge on any atom is -0.497 e. The number of nitrogens with one attached hydrogen (secondary N) is 2. The van der Waals surface area contributed by atoms with Crippen LogP contribution in [0.15, 0.2) is 67.0 Å². The summed E-state index contributed by atoms with van der Waals surface area (Å²) < 4.78 is 16.1. The first-order chi connectivity index (χ1) is 25.8. The Morgan fingerprint density at radius 3 is 2.02 bits per heavy atom. The van der Waals surface area contributed by atoms with Gasteiger partial charge in [0.25, 0.3) is 11.8 Å². The molecule has 1 unspecified atom stereocenters. The first-order valence-corrected chi connectivity index (χ1v) is 19.2. The lowest BCUT2D eigenvalue weighted by molar-refractivity contribution is 0.000131. The van der Waals surface area contributed by atoms with Crippen molar-refractivity contribution in [3.05, 3.63) is 89.3 Å². The predicted octanol–water partition coefficient (Wildman–Crippen LogP) is 9.58. The van der Waals surface area contributed by atoms with Gasteiger partial charge < -0.3 is 24.8 Å². The van der Waals surface area contributed by atoms with Gasteiger partial charge in [-0.3, -0.25) is 19.6 Å². The van der Waals surface area contributed by atoms with E-state index in [1.165, 1.54) is 23.1 Å². The van der Waals surface area contributed by atoms with Gasteiger partial charge >= 0.3 is 0 Å². The third kappa shape index (κ3) is 10.8. The maximum atomic E-state index is 12.3. The first-order valence-electron chi connectivity index (χ1n) is 19.2. The number of amides is 2. The van der Waals surface area contributed by atoms with Gasteiger partial charge in [-0.2, -0.15) is 0 Å². The lowest BCUT2D eigenvalue weighted by Crippen LogP contribution is -2.30. The number of para-hydroxylation sites is 1. The quantitative estimate of drug-likeness (QED) is 0.156. The van der Waals surface area contributed by atoms with Crippen LogP contribution in [0.5, 0.6) is 5.75 Å². The molecule has 2 aromatic carbocycles. The second-order valence-corrected chi connectivity index (χ2v) is 15.1. The van der Waals surface area contributed by atoms with E-state index in [-0.39, 0.29) is 23.5 Å². The molecule has 2 aliphatic rings. The number of carbonyl (C=O) groups excluding carboxylic acids is 2. The van der Waals surface area contributed by atoms with E-state index in [1.807, 2.05) is 64.1 Å². The molecule has 0 saturated carbocycles. The van der Waals surface area contributed by atoms with Crippen LogP contribution in [0.1, 0.15) is 119 Å². The molecule has 0 radical (unpaired) electrons. The van der Waals surface area contributed by atoms with Crippen LogP contribution >= 0.6 is 0 Å². The van der Waals surface area contributed by atoms with Crippen molar-refractivity contribution in [2.45, 2.75) is 98.6 Å². The van der Waals surface area contributed by atoms with E-state index >= 15 is 0 Å². The maximum Gasteiger partial charge on any atom is 0.253 e. The number of allylic oxidation sites excluding steroid dienone is 3. The van der Waals surface area contributed by atoms with E-state index in [4.69, 9.17) is 14.2 Å². The molecule has 0 aliphatic heterocycles. The first kappa shape index (κ1) is 42.1. The number of ether oxygens (including phenoxy) is 3. The number of hydrogen-bond donors (Lipinski definition) is 2. The monoisotopic (exact) mass is 736 g/mol. The zero-order valence-corrected chi connectivity index (χ0v) is 34.0. The Labute approximate surface area is 322 Å². The van der Waals surface area contributed by atoms with Gasteiger partial charge in [0.05, 0.1) is 41.5 Å². The second kappa shape index (κ2) is 19.1. The molecule has 4 aromatic rings. The normalized spacial score (nSPS) is 17.7. The van der Waals surface area contributed by atoms with Crippen molar-refractivity contribution in [3.63, 3.8) is 0 Å². The van der Waals surface area contributed by atoms with Crippen molar-refractivity contribution in [2.75, 3.05) is 34.5 Å². The molecular weight excluding hydrogens is 677 g/mol. The number of methoxy groups -OCH3 is 3. The number of rotatable bonds is 10. The molecule has 54 heavy (non-hydrogen) atoms. The van der Waals surface area contributed by atoms with Crippen molar-refractivity contribution >= 4 is 44.8 Å². The minimum absolute atomic E-state index is 0.0801. The number of pyridine rings is 2. The topological polar surface area (TPSA) is 112 Å². The van der Waals surface area contributed by atoms with Gasteiger partial charge in [0.15, 0.2) is 0 Å². The number of fused-ring (bicyclic) bond motifs is 2. The highest BCUT2D eigenvalue weighted by atomic mass is 16.5. The van der Waals surface area contributed by atoms with Crippen LogP contribution < -0.4 is 15.4 Å². The number of benzene rings is 2. The van der Waals surface area contributed by atoms with Gasteiger partial charge in [0.2, 0.25) is 0 Å². The Hall–Kier alpha value is -4.60. The molecule has 2 N–H and O–H groups in total. The molecule has 2 amide bonds. The lowest BCUT2D eigenvalue weighted by Gasteiger charge is -2.31. The summed E-state index contributed by atoms with van der Waals surface area (Å²) in [7, 11) is 5.04. The molecular formula is C45H60N4O5. The highest BCUT2D eigenvalue weighted by Crippen LogP contribution is 2.40. The third-order valence-electron chi connectivity index (χ3n) is 10.1.